The van der Waals surface area contributed by atoms with Crippen molar-refractivity contribution in [2.45, 2.75) is 26.3 Å². The summed E-state index contributed by atoms with van der Waals surface area (Å²) in [6.07, 6.45) is -0.359. The zero-order valence-electron chi connectivity index (χ0n) is 6.17. The molecule has 0 bridgehead atoms. The van der Waals surface area contributed by atoms with Crippen molar-refractivity contribution < 1.29 is 8.78 Å². The Labute approximate surface area is 63.0 Å². The molecule has 62 valence electrons. The Morgan fingerprint density at radius 3 is 2.82 bits per heavy atom. The predicted molar refractivity (Wildman–Crippen MR) is 35.4 cm³/mol. The van der Waals surface area contributed by atoms with Crippen LogP contribution in [0.5, 0.6) is 0 Å². The van der Waals surface area contributed by atoms with Gasteiger partial charge >= 0.3 is 0 Å². The number of alkyl halides is 2. The topological polar surface area (TPSA) is 30.7 Å². The van der Waals surface area contributed by atoms with E-state index in [1.807, 2.05) is 6.92 Å². The molecule has 0 aliphatic carbocycles. The Morgan fingerprint density at radius 2 is 2.36 bits per heavy atom. The molecular formula is C6H9F2N3. The standard InChI is InChI=1S/C6H9F2N3/c1-2-6-9-4-11(10-6)3-5(7)8/h4-5H,2-3H2,1H3. The van der Waals surface area contributed by atoms with Gasteiger partial charge in [-0.05, 0) is 0 Å². The molecule has 3 nitrogen and oxygen atoms in total. The van der Waals surface area contributed by atoms with E-state index in [4.69, 9.17) is 0 Å². The van der Waals surface area contributed by atoms with Crippen molar-refractivity contribution in [3.8, 4) is 0 Å². The van der Waals surface area contributed by atoms with E-state index in [1.54, 1.807) is 0 Å². The van der Waals surface area contributed by atoms with Crippen molar-refractivity contribution >= 4 is 0 Å². The zero-order chi connectivity index (χ0) is 8.27. The van der Waals surface area contributed by atoms with Crippen LogP contribution < -0.4 is 0 Å². The maximum atomic E-state index is 11.7. The van der Waals surface area contributed by atoms with E-state index in [0.717, 1.165) is 4.68 Å². The summed E-state index contributed by atoms with van der Waals surface area (Å²) >= 11 is 0. The van der Waals surface area contributed by atoms with Crippen LogP contribution in [0.3, 0.4) is 0 Å². The highest BCUT2D eigenvalue weighted by atomic mass is 19.3. The van der Waals surface area contributed by atoms with Crippen LogP contribution in [0.4, 0.5) is 8.78 Å². The molecule has 0 spiro atoms. The van der Waals surface area contributed by atoms with Crippen LogP contribution in [0.25, 0.3) is 0 Å². The molecule has 0 radical (unpaired) electrons. The van der Waals surface area contributed by atoms with E-state index < -0.39 is 6.43 Å². The number of nitrogens with zero attached hydrogens (tertiary/aromatic N) is 3. The van der Waals surface area contributed by atoms with Gasteiger partial charge in [0.15, 0.2) is 0 Å². The number of halogens is 2. The minimum atomic E-state index is -2.36. The maximum Gasteiger partial charge on any atom is 0.257 e. The van der Waals surface area contributed by atoms with Crippen LogP contribution in [-0.4, -0.2) is 21.2 Å². The van der Waals surface area contributed by atoms with E-state index in [1.165, 1.54) is 6.33 Å². The fraction of sp³-hybridized carbons (Fsp3) is 0.667. The summed E-state index contributed by atoms with van der Waals surface area (Å²) in [4.78, 5) is 3.81. The predicted octanol–water partition coefficient (Wildman–Crippen LogP) is 1.11. The Hall–Kier alpha value is -1.00. The van der Waals surface area contributed by atoms with Crippen molar-refractivity contribution in [1.29, 1.82) is 0 Å². The maximum absolute atomic E-state index is 11.7. The molecule has 1 heterocycles. The van der Waals surface area contributed by atoms with E-state index in [2.05, 4.69) is 10.1 Å². The summed E-state index contributed by atoms with van der Waals surface area (Å²) in [5.41, 5.74) is 0. The smallest absolute Gasteiger partial charge is 0.247 e. The van der Waals surface area contributed by atoms with Crippen molar-refractivity contribution in [3.05, 3.63) is 12.2 Å². The minimum Gasteiger partial charge on any atom is -0.247 e. The van der Waals surface area contributed by atoms with E-state index in [-0.39, 0.29) is 6.54 Å². The SMILES string of the molecule is CCc1ncn(CC(F)F)n1. The number of rotatable bonds is 3. The molecule has 0 atom stereocenters. The summed E-state index contributed by atoms with van der Waals surface area (Å²) in [5, 5.41) is 3.79. The third-order valence-corrected chi connectivity index (χ3v) is 1.23. The molecule has 0 fully saturated rings. The highest BCUT2D eigenvalue weighted by molar-refractivity contribution is 4.79. The number of hydrogen-bond acceptors (Lipinski definition) is 2. The molecule has 0 N–H and O–H groups in total. The van der Waals surface area contributed by atoms with Gasteiger partial charge in [0.1, 0.15) is 18.7 Å². The van der Waals surface area contributed by atoms with Crippen LogP contribution >= 0.6 is 0 Å². The number of aryl methyl sites for hydroxylation is 1. The summed E-state index contributed by atoms with van der Waals surface area (Å²) < 4.78 is 24.6. The first-order chi connectivity index (χ1) is 5.22. The Kier molecular flexibility index (Phi) is 2.51. The fourth-order valence-corrected chi connectivity index (χ4v) is 0.725. The molecule has 1 aromatic heterocycles. The Morgan fingerprint density at radius 1 is 1.64 bits per heavy atom. The monoisotopic (exact) mass is 161 g/mol. The van der Waals surface area contributed by atoms with Gasteiger partial charge in [-0.25, -0.2) is 18.4 Å². The molecule has 0 unspecified atom stereocenters. The molecule has 1 aromatic rings. The average molecular weight is 161 g/mol. The van der Waals surface area contributed by atoms with Crippen LogP contribution in [0.2, 0.25) is 0 Å². The first-order valence-corrected chi connectivity index (χ1v) is 3.39. The quantitative estimate of drug-likeness (QED) is 0.664. The molecule has 5 heteroatoms. The average Bonchev–Trinajstić information content (AvgIpc) is 2.34. The van der Waals surface area contributed by atoms with Gasteiger partial charge in [0, 0.05) is 6.42 Å². The van der Waals surface area contributed by atoms with Crippen molar-refractivity contribution in [2.24, 2.45) is 0 Å². The second-order valence-corrected chi connectivity index (χ2v) is 2.13. The molecule has 1 rings (SSSR count). The van der Waals surface area contributed by atoms with Crippen molar-refractivity contribution in [3.63, 3.8) is 0 Å². The number of aromatic nitrogens is 3. The van der Waals surface area contributed by atoms with E-state index in [9.17, 15) is 8.78 Å². The van der Waals surface area contributed by atoms with Gasteiger partial charge in [0.25, 0.3) is 6.43 Å². The second kappa shape index (κ2) is 3.41. The summed E-state index contributed by atoms with van der Waals surface area (Å²) in [5.74, 6) is 0.602. The molecule has 0 saturated carbocycles. The lowest BCUT2D eigenvalue weighted by Gasteiger charge is -1.96. The van der Waals surface area contributed by atoms with Gasteiger partial charge in [-0.2, -0.15) is 5.10 Å². The van der Waals surface area contributed by atoms with Crippen molar-refractivity contribution in [1.82, 2.24) is 14.8 Å². The van der Waals surface area contributed by atoms with Gasteiger partial charge < -0.3 is 0 Å². The normalized spacial score (nSPS) is 10.9. The zero-order valence-corrected chi connectivity index (χ0v) is 6.17. The van der Waals surface area contributed by atoms with Gasteiger partial charge in [-0.15, -0.1) is 0 Å². The third-order valence-electron chi connectivity index (χ3n) is 1.23. The van der Waals surface area contributed by atoms with Gasteiger partial charge in [-0.3, -0.25) is 0 Å². The van der Waals surface area contributed by atoms with Gasteiger partial charge in [0.05, 0.1) is 0 Å². The lowest BCUT2D eigenvalue weighted by molar-refractivity contribution is 0.121. The lowest BCUT2D eigenvalue weighted by Crippen LogP contribution is -2.07. The summed E-state index contributed by atoms with van der Waals surface area (Å²) in [6.45, 7) is 1.51. The fourth-order valence-electron chi connectivity index (χ4n) is 0.725. The highest BCUT2D eigenvalue weighted by Gasteiger charge is 2.04. The first kappa shape index (κ1) is 8.10. The molecule has 0 amide bonds. The second-order valence-electron chi connectivity index (χ2n) is 2.13. The largest absolute Gasteiger partial charge is 0.257 e. The van der Waals surface area contributed by atoms with E-state index in [0.29, 0.717) is 12.2 Å². The van der Waals surface area contributed by atoms with Crippen LogP contribution in [0.15, 0.2) is 6.33 Å². The molecule has 0 saturated heterocycles. The lowest BCUT2D eigenvalue weighted by atomic mass is 10.5. The molecule has 0 aliphatic rings. The molecular weight excluding hydrogens is 152 g/mol. The van der Waals surface area contributed by atoms with Crippen molar-refractivity contribution in [2.75, 3.05) is 0 Å². The third kappa shape index (κ3) is 2.25. The first-order valence-electron chi connectivity index (χ1n) is 3.39. The summed E-state index contributed by atoms with van der Waals surface area (Å²) in [7, 11) is 0. The highest BCUT2D eigenvalue weighted by Crippen LogP contribution is 1.97. The Balaban J connectivity index is 2.58. The van der Waals surface area contributed by atoms with E-state index >= 15 is 0 Å². The van der Waals surface area contributed by atoms with Crippen LogP contribution in [0.1, 0.15) is 12.7 Å². The van der Waals surface area contributed by atoms with Crippen LogP contribution in [0, 0.1) is 0 Å². The summed E-state index contributed by atoms with van der Waals surface area (Å²) in [6, 6.07) is 0. The minimum absolute atomic E-state index is 0.368. The number of hydrogen-bond donors (Lipinski definition) is 0. The van der Waals surface area contributed by atoms with Crippen LogP contribution in [-0.2, 0) is 13.0 Å². The molecule has 0 aromatic carbocycles. The molecule has 0 aliphatic heterocycles. The molecule has 11 heavy (non-hydrogen) atoms. The van der Waals surface area contributed by atoms with Gasteiger partial charge in [0.2, 0.25) is 0 Å². The Bertz CT molecular complexity index is 221. The van der Waals surface area contributed by atoms with Gasteiger partial charge in [-0.1, -0.05) is 6.92 Å².